The first-order valence-corrected chi connectivity index (χ1v) is 5.45. The highest BCUT2D eigenvalue weighted by molar-refractivity contribution is 5.76. The van der Waals surface area contributed by atoms with Gasteiger partial charge in [0.05, 0.1) is 19.8 Å². The molecular formula is C10H20N2O3. The van der Waals surface area contributed by atoms with Crippen LogP contribution in [-0.2, 0) is 9.53 Å². The zero-order valence-corrected chi connectivity index (χ0v) is 8.95. The van der Waals surface area contributed by atoms with Crippen LogP contribution in [0.4, 0.5) is 0 Å². The van der Waals surface area contributed by atoms with Gasteiger partial charge in [0, 0.05) is 19.0 Å². The predicted molar refractivity (Wildman–Crippen MR) is 56.2 cm³/mol. The largest absolute Gasteiger partial charge is 0.394 e. The molecule has 4 N–H and O–H groups in total. The molecule has 5 nitrogen and oxygen atoms in total. The fourth-order valence-corrected chi connectivity index (χ4v) is 1.41. The highest BCUT2D eigenvalue weighted by Crippen LogP contribution is 2.32. The van der Waals surface area contributed by atoms with Crippen molar-refractivity contribution in [2.45, 2.75) is 25.3 Å². The summed E-state index contributed by atoms with van der Waals surface area (Å²) in [6.45, 7) is 1.25. The van der Waals surface area contributed by atoms with Crippen LogP contribution < -0.4 is 11.1 Å². The first-order chi connectivity index (χ1) is 7.24. The van der Waals surface area contributed by atoms with E-state index in [-0.39, 0.29) is 18.6 Å². The number of aliphatic hydroxyl groups is 1. The Morgan fingerprint density at radius 1 is 1.53 bits per heavy atom. The van der Waals surface area contributed by atoms with Crippen LogP contribution in [0.1, 0.15) is 19.3 Å². The van der Waals surface area contributed by atoms with E-state index < -0.39 is 0 Å². The van der Waals surface area contributed by atoms with Gasteiger partial charge in [-0.1, -0.05) is 0 Å². The van der Waals surface area contributed by atoms with Crippen molar-refractivity contribution >= 4 is 5.91 Å². The fourth-order valence-electron chi connectivity index (χ4n) is 1.41. The monoisotopic (exact) mass is 216 g/mol. The van der Waals surface area contributed by atoms with E-state index in [0.29, 0.717) is 32.1 Å². The van der Waals surface area contributed by atoms with Crippen molar-refractivity contribution in [1.82, 2.24) is 5.32 Å². The van der Waals surface area contributed by atoms with E-state index in [1.165, 1.54) is 0 Å². The molecule has 1 aliphatic rings. The third-order valence-corrected chi connectivity index (χ3v) is 2.45. The van der Waals surface area contributed by atoms with E-state index in [1.54, 1.807) is 0 Å². The van der Waals surface area contributed by atoms with Crippen LogP contribution in [0.2, 0.25) is 0 Å². The average molecular weight is 216 g/mol. The van der Waals surface area contributed by atoms with Gasteiger partial charge in [-0.05, 0) is 18.8 Å². The first-order valence-electron chi connectivity index (χ1n) is 5.45. The summed E-state index contributed by atoms with van der Waals surface area (Å²) in [5.41, 5.74) is 5.81. The molecule has 0 radical (unpaired) electrons. The summed E-state index contributed by atoms with van der Waals surface area (Å²) in [6.07, 6.45) is 2.73. The number of hydrogen-bond acceptors (Lipinski definition) is 4. The Balaban J connectivity index is 1.93. The smallest absolute Gasteiger partial charge is 0.221 e. The van der Waals surface area contributed by atoms with Crippen molar-refractivity contribution in [3.8, 4) is 0 Å². The summed E-state index contributed by atoms with van der Waals surface area (Å²) in [7, 11) is 0. The lowest BCUT2D eigenvalue weighted by molar-refractivity contribution is -0.121. The van der Waals surface area contributed by atoms with Crippen LogP contribution in [0.5, 0.6) is 0 Å². The minimum absolute atomic E-state index is 0.0120. The normalized spacial score (nSPS) is 17.5. The van der Waals surface area contributed by atoms with Crippen LogP contribution in [0, 0.1) is 5.92 Å². The molecule has 0 bridgehead atoms. The molecule has 1 aliphatic carbocycles. The van der Waals surface area contributed by atoms with Gasteiger partial charge in [0.2, 0.25) is 5.91 Å². The van der Waals surface area contributed by atoms with Crippen LogP contribution >= 0.6 is 0 Å². The average Bonchev–Trinajstić information content (AvgIpc) is 3.00. The molecule has 0 spiro atoms. The van der Waals surface area contributed by atoms with Gasteiger partial charge < -0.3 is 20.9 Å². The third-order valence-electron chi connectivity index (χ3n) is 2.45. The molecule has 88 valence electrons. The number of ether oxygens (including phenoxy) is 1. The second kappa shape index (κ2) is 6.76. The minimum atomic E-state index is -0.0120. The molecule has 5 heteroatoms. The molecule has 1 rings (SSSR count). The van der Waals surface area contributed by atoms with E-state index >= 15 is 0 Å². The van der Waals surface area contributed by atoms with E-state index in [2.05, 4.69) is 5.32 Å². The Hall–Kier alpha value is -0.650. The number of amides is 1. The van der Waals surface area contributed by atoms with Crippen molar-refractivity contribution in [3.63, 3.8) is 0 Å². The Labute approximate surface area is 90.0 Å². The highest BCUT2D eigenvalue weighted by atomic mass is 16.5. The number of nitrogens with one attached hydrogen (secondary N) is 1. The predicted octanol–water partition coefficient (Wildman–Crippen LogP) is -0.761. The number of carbonyl (C=O) groups excluding carboxylic acids is 1. The van der Waals surface area contributed by atoms with Gasteiger partial charge in [-0.15, -0.1) is 0 Å². The number of carbonyl (C=O) groups is 1. The standard InChI is InChI=1S/C10H20N2O3/c11-9(8-1-2-8)7-10(14)12-3-5-15-6-4-13/h8-9,13H,1-7,11H2,(H,12,14). The van der Waals surface area contributed by atoms with Crippen molar-refractivity contribution in [1.29, 1.82) is 0 Å². The van der Waals surface area contributed by atoms with Gasteiger partial charge in [-0.2, -0.15) is 0 Å². The lowest BCUT2D eigenvalue weighted by atomic mass is 10.1. The van der Waals surface area contributed by atoms with E-state index in [1.807, 2.05) is 0 Å². The van der Waals surface area contributed by atoms with E-state index in [4.69, 9.17) is 15.6 Å². The number of rotatable bonds is 8. The molecule has 1 atom stereocenters. The van der Waals surface area contributed by atoms with Crippen molar-refractivity contribution < 1.29 is 14.6 Å². The summed E-state index contributed by atoms with van der Waals surface area (Å²) in [6, 6.07) is 0.0170. The zero-order chi connectivity index (χ0) is 11.1. The number of hydrogen-bond donors (Lipinski definition) is 3. The lowest BCUT2D eigenvalue weighted by Gasteiger charge is -2.10. The molecule has 0 aromatic rings. The summed E-state index contributed by atoms with van der Waals surface area (Å²) in [4.78, 5) is 11.3. The maximum absolute atomic E-state index is 11.3. The van der Waals surface area contributed by atoms with Gasteiger partial charge in [0.25, 0.3) is 0 Å². The lowest BCUT2D eigenvalue weighted by Crippen LogP contribution is -2.34. The topological polar surface area (TPSA) is 84.6 Å². The SMILES string of the molecule is NC(CC(=O)NCCOCCO)C1CC1. The maximum atomic E-state index is 11.3. The molecule has 0 saturated heterocycles. The summed E-state index contributed by atoms with van der Waals surface area (Å²) in [5.74, 6) is 0.545. The number of nitrogens with two attached hydrogens (primary N) is 1. The van der Waals surface area contributed by atoms with Crippen LogP contribution in [0.3, 0.4) is 0 Å². The molecule has 1 unspecified atom stereocenters. The van der Waals surface area contributed by atoms with E-state index in [9.17, 15) is 4.79 Å². The van der Waals surface area contributed by atoms with Gasteiger partial charge in [0.1, 0.15) is 0 Å². The molecule has 0 aromatic heterocycles. The summed E-state index contributed by atoms with van der Waals surface area (Å²) in [5, 5.41) is 11.2. The Morgan fingerprint density at radius 3 is 2.87 bits per heavy atom. The van der Waals surface area contributed by atoms with Crippen LogP contribution in [0.25, 0.3) is 0 Å². The van der Waals surface area contributed by atoms with Crippen LogP contribution in [0.15, 0.2) is 0 Å². The summed E-state index contributed by atoms with van der Waals surface area (Å²) >= 11 is 0. The fraction of sp³-hybridized carbons (Fsp3) is 0.900. The highest BCUT2D eigenvalue weighted by Gasteiger charge is 2.29. The van der Waals surface area contributed by atoms with Crippen molar-refractivity contribution in [2.24, 2.45) is 11.7 Å². The molecule has 1 saturated carbocycles. The second-order valence-electron chi connectivity index (χ2n) is 3.89. The molecule has 0 heterocycles. The van der Waals surface area contributed by atoms with Crippen LogP contribution in [-0.4, -0.2) is 43.4 Å². The van der Waals surface area contributed by atoms with Gasteiger partial charge >= 0.3 is 0 Å². The molecule has 0 aromatic carbocycles. The summed E-state index contributed by atoms with van der Waals surface area (Å²) < 4.78 is 5.00. The van der Waals surface area contributed by atoms with Gasteiger partial charge in [-0.3, -0.25) is 4.79 Å². The number of aliphatic hydroxyl groups excluding tert-OH is 1. The minimum Gasteiger partial charge on any atom is -0.394 e. The molecule has 0 aliphatic heterocycles. The van der Waals surface area contributed by atoms with Crippen molar-refractivity contribution in [2.75, 3.05) is 26.4 Å². The van der Waals surface area contributed by atoms with Crippen molar-refractivity contribution in [3.05, 3.63) is 0 Å². The molecule has 15 heavy (non-hydrogen) atoms. The Bertz CT molecular complexity index is 195. The molecular weight excluding hydrogens is 196 g/mol. The molecule has 1 amide bonds. The Kier molecular flexibility index (Phi) is 5.60. The molecule has 1 fully saturated rings. The quantitative estimate of drug-likeness (QED) is 0.466. The first kappa shape index (κ1) is 12.4. The zero-order valence-electron chi connectivity index (χ0n) is 8.95. The third kappa shape index (κ3) is 5.71. The second-order valence-corrected chi connectivity index (χ2v) is 3.89. The van der Waals surface area contributed by atoms with Gasteiger partial charge in [0.15, 0.2) is 0 Å². The van der Waals surface area contributed by atoms with Gasteiger partial charge in [-0.25, -0.2) is 0 Å². The maximum Gasteiger partial charge on any atom is 0.221 e. The van der Waals surface area contributed by atoms with E-state index in [0.717, 1.165) is 12.8 Å². The Morgan fingerprint density at radius 2 is 2.27 bits per heavy atom.